The number of ether oxygens (including phenoxy) is 1. The Balaban J connectivity index is 2.66. The first kappa shape index (κ1) is 13.4. The molecule has 0 saturated heterocycles. The van der Waals surface area contributed by atoms with E-state index in [1.165, 1.54) is 6.07 Å². The summed E-state index contributed by atoms with van der Waals surface area (Å²) in [5.74, 6) is -0.648. The number of pyridine rings is 1. The van der Waals surface area contributed by atoms with Crippen LogP contribution in [0.3, 0.4) is 0 Å². The van der Waals surface area contributed by atoms with Crippen molar-refractivity contribution in [3.8, 4) is 0 Å². The van der Waals surface area contributed by atoms with Gasteiger partial charge in [0, 0.05) is 10.4 Å². The highest BCUT2D eigenvalue weighted by Gasteiger charge is 2.15. The summed E-state index contributed by atoms with van der Waals surface area (Å²) in [6, 6.07) is 6.27. The van der Waals surface area contributed by atoms with Gasteiger partial charge in [0.15, 0.2) is 5.49 Å². The lowest BCUT2D eigenvalue weighted by Gasteiger charge is -2.11. The van der Waals surface area contributed by atoms with Crippen LogP contribution in [-0.2, 0) is 4.74 Å². The lowest BCUT2D eigenvalue weighted by molar-refractivity contribution is 0.0370. The number of hydrogen-bond donors (Lipinski definition) is 2. The third-order valence-corrected chi connectivity index (χ3v) is 2.78. The van der Waals surface area contributed by atoms with Gasteiger partial charge in [0.1, 0.15) is 5.56 Å². The zero-order chi connectivity index (χ0) is 14.2. The predicted octanol–water partition coefficient (Wildman–Crippen LogP) is 2.58. The molecule has 19 heavy (non-hydrogen) atoms. The fourth-order valence-electron chi connectivity index (χ4n) is 1.73. The second-order valence-electron chi connectivity index (χ2n) is 4.38. The molecule has 100 valence electrons. The molecular weight excluding hydrogens is 268 g/mol. The molecule has 2 aromatic rings. The predicted molar refractivity (Wildman–Crippen MR) is 70.5 cm³/mol. The molecule has 0 aliphatic carbocycles. The lowest BCUT2D eigenvalue weighted by atomic mass is 10.1. The van der Waals surface area contributed by atoms with Crippen molar-refractivity contribution in [3.05, 3.63) is 40.3 Å². The summed E-state index contributed by atoms with van der Waals surface area (Å²) in [5.41, 5.74) is 0.0712. The van der Waals surface area contributed by atoms with Crippen molar-refractivity contribution in [2.75, 3.05) is 0 Å². The fourth-order valence-corrected chi connectivity index (χ4v) is 1.91. The molecular formula is C13H13ClN2O3. The van der Waals surface area contributed by atoms with Gasteiger partial charge in [-0.25, -0.2) is 4.79 Å². The Bertz CT molecular complexity index is 707. The van der Waals surface area contributed by atoms with Crippen LogP contribution < -0.4 is 5.49 Å². The van der Waals surface area contributed by atoms with Crippen molar-refractivity contribution in [1.29, 1.82) is 5.41 Å². The maximum atomic E-state index is 11.9. The number of nitrogens with one attached hydrogen (secondary N) is 1. The standard InChI is InChI=1S/C13H13ClN2O3/c1-7(2)19-13(17)10-6-8-5-9(14)3-4-11(8)16(18)12(10)15/h3-7,15,18H,1-2H3. The van der Waals surface area contributed by atoms with E-state index in [2.05, 4.69) is 0 Å². The molecule has 1 aromatic heterocycles. The number of nitrogens with zero attached hydrogens (tertiary/aromatic N) is 1. The summed E-state index contributed by atoms with van der Waals surface area (Å²) in [6.45, 7) is 3.43. The highest BCUT2D eigenvalue weighted by atomic mass is 35.5. The van der Waals surface area contributed by atoms with Gasteiger partial charge in [-0.15, -0.1) is 0 Å². The highest BCUT2D eigenvalue weighted by Crippen LogP contribution is 2.18. The maximum Gasteiger partial charge on any atom is 0.342 e. The largest absolute Gasteiger partial charge is 0.459 e. The molecule has 0 aliphatic heterocycles. The van der Waals surface area contributed by atoms with Gasteiger partial charge < -0.3 is 9.94 Å². The first-order chi connectivity index (χ1) is 8.90. The Labute approximate surface area is 114 Å². The Kier molecular flexibility index (Phi) is 3.48. The van der Waals surface area contributed by atoms with Crippen molar-refractivity contribution in [2.24, 2.45) is 0 Å². The van der Waals surface area contributed by atoms with E-state index in [1.807, 2.05) is 0 Å². The second kappa shape index (κ2) is 4.93. The number of carbonyl (C=O) groups is 1. The summed E-state index contributed by atoms with van der Waals surface area (Å²) >= 11 is 5.87. The van der Waals surface area contributed by atoms with Gasteiger partial charge >= 0.3 is 5.97 Å². The minimum atomic E-state index is -0.648. The lowest BCUT2D eigenvalue weighted by Crippen LogP contribution is -2.27. The molecule has 1 heterocycles. The van der Waals surface area contributed by atoms with E-state index in [0.29, 0.717) is 20.7 Å². The summed E-state index contributed by atoms with van der Waals surface area (Å²) in [5, 5.41) is 18.7. The monoisotopic (exact) mass is 280 g/mol. The minimum absolute atomic E-state index is 0.00836. The summed E-state index contributed by atoms with van der Waals surface area (Å²) in [6.07, 6.45) is -0.297. The zero-order valence-electron chi connectivity index (χ0n) is 10.5. The molecule has 0 saturated carbocycles. The molecule has 2 N–H and O–H groups in total. The summed E-state index contributed by atoms with van der Waals surface area (Å²) < 4.78 is 5.68. The SMILES string of the molecule is CC(C)OC(=O)c1cc2cc(Cl)ccc2n(O)c1=N. The van der Waals surface area contributed by atoms with E-state index in [1.54, 1.807) is 32.0 Å². The van der Waals surface area contributed by atoms with E-state index in [9.17, 15) is 10.0 Å². The van der Waals surface area contributed by atoms with E-state index in [0.717, 1.165) is 0 Å². The Hall–Kier alpha value is -2.01. The molecule has 0 unspecified atom stereocenters. The Morgan fingerprint density at radius 3 is 2.74 bits per heavy atom. The average Bonchev–Trinajstić information content (AvgIpc) is 2.32. The van der Waals surface area contributed by atoms with Gasteiger partial charge in [0.25, 0.3) is 0 Å². The van der Waals surface area contributed by atoms with Crippen molar-refractivity contribution in [1.82, 2.24) is 4.73 Å². The van der Waals surface area contributed by atoms with Gasteiger partial charge in [0.2, 0.25) is 0 Å². The number of carbonyl (C=O) groups excluding carboxylic acids is 1. The zero-order valence-corrected chi connectivity index (χ0v) is 11.2. The van der Waals surface area contributed by atoms with Crippen LogP contribution >= 0.6 is 11.6 Å². The molecule has 2 rings (SSSR count). The molecule has 5 nitrogen and oxygen atoms in total. The molecule has 6 heteroatoms. The van der Waals surface area contributed by atoms with Crippen molar-refractivity contribution < 1.29 is 14.7 Å². The van der Waals surface area contributed by atoms with E-state index in [-0.39, 0.29) is 17.2 Å². The summed E-state index contributed by atoms with van der Waals surface area (Å²) in [7, 11) is 0. The minimum Gasteiger partial charge on any atom is -0.459 e. The first-order valence-electron chi connectivity index (χ1n) is 5.70. The molecule has 0 radical (unpaired) electrons. The Morgan fingerprint density at radius 1 is 1.42 bits per heavy atom. The maximum absolute atomic E-state index is 11.9. The molecule has 0 atom stereocenters. The number of rotatable bonds is 2. The van der Waals surface area contributed by atoms with E-state index in [4.69, 9.17) is 21.7 Å². The Morgan fingerprint density at radius 2 is 2.11 bits per heavy atom. The molecule has 0 bridgehead atoms. The van der Waals surface area contributed by atoms with Gasteiger partial charge in [-0.05, 0) is 38.1 Å². The second-order valence-corrected chi connectivity index (χ2v) is 4.81. The third kappa shape index (κ3) is 2.56. The molecule has 0 aliphatic rings. The fraction of sp³-hybridized carbons (Fsp3) is 0.231. The van der Waals surface area contributed by atoms with Gasteiger partial charge in [-0.3, -0.25) is 5.41 Å². The van der Waals surface area contributed by atoms with Crippen LogP contribution in [0.15, 0.2) is 24.3 Å². The molecule has 1 aromatic carbocycles. The number of halogens is 1. The topological polar surface area (TPSA) is 75.3 Å². The smallest absolute Gasteiger partial charge is 0.342 e. The van der Waals surface area contributed by atoms with Gasteiger partial charge in [-0.1, -0.05) is 11.6 Å². The number of esters is 1. The van der Waals surface area contributed by atoms with Crippen molar-refractivity contribution >= 4 is 28.5 Å². The van der Waals surface area contributed by atoms with Gasteiger partial charge in [-0.2, -0.15) is 4.73 Å². The number of hydrogen-bond acceptors (Lipinski definition) is 4. The summed E-state index contributed by atoms with van der Waals surface area (Å²) in [4.78, 5) is 11.9. The normalized spacial score (nSPS) is 10.9. The van der Waals surface area contributed by atoms with Crippen LogP contribution in [0.5, 0.6) is 0 Å². The van der Waals surface area contributed by atoms with Crippen LogP contribution in [0.1, 0.15) is 24.2 Å². The van der Waals surface area contributed by atoms with E-state index >= 15 is 0 Å². The number of benzene rings is 1. The van der Waals surface area contributed by atoms with E-state index < -0.39 is 5.97 Å². The van der Waals surface area contributed by atoms with Crippen molar-refractivity contribution in [2.45, 2.75) is 20.0 Å². The molecule has 0 spiro atoms. The molecule has 0 amide bonds. The quantitative estimate of drug-likeness (QED) is 0.656. The molecule has 0 fully saturated rings. The van der Waals surface area contributed by atoms with Crippen LogP contribution in [0.4, 0.5) is 0 Å². The van der Waals surface area contributed by atoms with Crippen LogP contribution in [0.25, 0.3) is 10.9 Å². The van der Waals surface area contributed by atoms with Crippen LogP contribution in [0, 0.1) is 5.41 Å². The first-order valence-corrected chi connectivity index (χ1v) is 6.08. The third-order valence-electron chi connectivity index (χ3n) is 2.55. The van der Waals surface area contributed by atoms with Crippen LogP contribution in [0.2, 0.25) is 5.02 Å². The van der Waals surface area contributed by atoms with Crippen molar-refractivity contribution in [3.63, 3.8) is 0 Å². The average molecular weight is 281 g/mol. The van der Waals surface area contributed by atoms with Crippen LogP contribution in [-0.4, -0.2) is 22.0 Å². The number of fused-ring (bicyclic) bond motifs is 1. The van der Waals surface area contributed by atoms with Gasteiger partial charge in [0.05, 0.1) is 11.6 Å². The number of aromatic nitrogens is 1. The highest BCUT2D eigenvalue weighted by molar-refractivity contribution is 6.31.